The highest BCUT2D eigenvalue weighted by Gasteiger charge is 2.12. The van der Waals surface area contributed by atoms with E-state index in [9.17, 15) is 14.4 Å². The van der Waals surface area contributed by atoms with Crippen LogP contribution in [0.15, 0.2) is 32.4 Å². The van der Waals surface area contributed by atoms with Gasteiger partial charge in [-0.05, 0) is 32.4 Å². The Kier molecular flexibility index (Phi) is 4.98. The summed E-state index contributed by atoms with van der Waals surface area (Å²) in [5, 5.41) is 2.86. The van der Waals surface area contributed by atoms with Crippen LogP contribution in [0.1, 0.15) is 30.4 Å². The van der Waals surface area contributed by atoms with Gasteiger partial charge in [0.25, 0.3) is 5.56 Å². The van der Waals surface area contributed by atoms with E-state index in [-0.39, 0.29) is 24.8 Å². The third-order valence-corrected chi connectivity index (χ3v) is 3.35. The Hall–Kier alpha value is -2.57. The van der Waals surface area contributed by atoms with E-state index in [4.69, 9.17) is 4.42 Å². The monoisotopic (exact) mass is 305 g/mol. The van der Waals surface area contributed by atoms with Gasteiger partial charge in [-0.2, -0.15) is 0 Å². The van der Waals surface area contributed by atoms with E-state index in [0.717, 1.165) is 5.76 Å². The van der Waals surface area contributed by atoms with E-state index < -0.39 is 11.2 Å². The van der Waals surface area contributed by atoms with Crippen molar-refractivity contribution in [1.29, 1.82) is 0 Å². The summed E-state index contributed by atoms with van der Waals surface area (Å²) in [5.41, 5.74) is -0.0703. The van der Waals surface area contributed by atoms with Crippen LogP contribution in [0, 0.1) is 6.92 Å². The van der Waals surface area contributed by atoms with Gasteiger partial charge in [-0.25, -0.2) is 4.79 Å². The smallest absolute Gasteiger partial charge is 0.325 e. The Bertz CT molecular complexity index is 743. The number of amides is 1. The van der Waals surface area contributed by atoms with Crippen LogP contribution in [-0.2, 0) is 17.6 Å². The zero-order chi connectivity index (χ0) is 16.1. The van der Waals surface area contributed by atoms with Crippen molar-refractivity contribution >= 4 is 5.91 Å². The maximum Gasteiger partial charge on any atom is 0.325 e. The second kappa shape index (κ2) is 6.93. The standard InChI is InChI=1S/C15H19N3O4/c1-9(8-11-4-3-7-22-11)16-13(19)6-5-12-10(2)17-15(21)18-14(12)20/h3-4,7,9H,5-6,8H2,1-2H3,(H,16,19)(H2,17,18,20,21)/t9-/m0/s1. The van der Waals surface area contributed by atoms with Gasteiger partial charge in [-0.3, -0.25) is 14.6 Å². The molecule has 0 saturated heterocycles. The van der Waals surface area contributed by atoms with Crippen molar-refractivity contribution < 1.29 is 9.21 Å². The van der Waals surface area contributed by atoms with Gasteiger partial charge in [-0.1, -0.05) is 0 Å². The number of furan rings is 1. The van der Waals surface area contributed by atoms with Crippen LogP contribution in [0.4, 0.5) is 0 Å². The molecule has 0 saturated carbocycles. The van der Waals surface area contributed by atoms with Crippen molar-refractivity contribution in [3.63, 3.8) is 0 Å². The Morgan fingerprint density at radius 1 is 1.36 bits per heavy atom. The molecule has 118 valence electrons. The van der Waals surface area contributed by atoms with Gasteiger partial charge in [0.15, 0.2) is 0 Å². The summed E-state index contributed by atoms with van der Waals surface area (Å²) in [7, 11) is 0. The van der Waals surface area contributed by atoms with Crippen molar-refractivity contribution in [2.45, 2.75) is 39.2 Å². The molecule has 7 heteroatoms. The SMILES string of the molecule is Cc1[nH]c(=O)[nH]c(=O)c1CCC(=O)N[C@@H](C)Cc1ccco1. The number of rotatable bonds is 6. The maximum atomic E-state index is 11.9. The fourth-order valence-electron chi connectivity index (χ4n) is 2.29. The molecule has 3 N–H and O–H groups in total. The molecule has 1 amide bonds. The zero-order valence-electron chi connectivity index (χ0n) is 12.6. The average molecular weight is 305 g/mol. The van der Waals surface area contributed by atoms with Gasteiger partial charge >= 0.3 is 5.69 Å². The molecule has 0 aromatic carbocycles. The van der Waals surface area contributed by atoms with Crippen LogP contribution in [0.2, 0.25) is 0 Å². The third-order valence-electron chi connectivity index (χ3n) is 3.35. The third kappa shape index (κ3) is 4.21. The Morgan fingerprint density at radius 2 is 2.14 bits per heavy atom. The summed E-state index contributed by atoms with van der Waals surface area (Å²) in [5.74, 6) is 0.657. The predicted molar refractivity (Wildman–Crippen MR) is 80.8 cm³/mol. The average Bonchev–Trinajstić information content (AvgIpc) is 2.89. The van der Waals surface area contributed by atoms with Gasteiger partial charge < -0.3 is 14.7 Å². The number of aromatic amines is 2. The molecule has 0 unspecified atom stereocenters. The summed E-state index contributed by atoms with van der Waals surface area (Å²) in [6.07, 6.45) is 2.65. The molecule has 0 fully saturated rings. The molecular weight excluding hydrogens is 286 g/mol. The first-order chi connectivity index (χ1) is 10.5. The van der Waals surface area contributed by atoms with Gasteiger partial charge in [0, 0.05) is 30.1 Å². The highest BCUT2D eigenvalue weighted by atomic mass is 16.3. The van der Waals surface area contributed by atoms with E-state index in [0.29, 0.717) is 17.7 Å². The molecule has 0 aliphatic heterocycles. The van der Waals surface area contributed by atoms with E-state index in [1.165, 1.54) is 0 Å². The second-order valence-electron chi connectivity index (χ2n) is 5.26. The minimum Gasteiger partial charge on any atom is -0.469 e. The van der Waals surface area contributed by atoms with Crippen molar-refractivity contribution in [2.24, 2.45) is 0 Å². The maximum absolute atomic E-state index is 11.9. The van der Waals surface area contributed by atoms with Crippen molar-refractivity contribution in [3.05, 3.63) is 56.3 Å². The molecule has 0 radical (unpaired) electrons. The zero-order valence-corrected chi connectivity index (χ0v) is 12.6. The summed E-state index contributed by atoms with van der Waals surface area (Å²) >= 11 is 0. The molecule has 22 heavy (non-hydrogen) atoms. The van der Waals surface area contributed by atoms with Gasteiger partial charge in [0.1, 0.15) is 5.76 Å². The van der Waals surface area contributed by atoms with Gasteiger partial charge in [0.05, 0.1) is 6.26 Å². The first-order valence-electron chi connectivity index (χ1n) is 7.09. The van der Waals surface area contributed by atoms with E-state index in [1.54, 1.807) is 19.3 Å². The summed E-state index contributed by atoms with van der Waals surface area (Å²) in [4.78, 5) is 39.4. The topological polar surface area (TPSA) is 108 Å². The van der Waals surface area contributed by atoms with Gasteiger partial charge in [-0.15, -0.1) is 0 Å². The summed E-state index contributed by atoms with van der Waals surface area (Å²) < 4.78 is 5.23. The van der Waals surface area contributed by atoms with Crippen LogP contribution in [0.3, 0.4) is 0 Å². The first kappa shape index (κ1) is 15.8. The van der Waals surface area contributed by atoms with E-state index in [2.05, 4.69) is 15.3 Å². The van der Waals surface area contributed by atoms with Crippen LogP contribution >= 0.6 is 0 Å². The van der Waals surface area contributed by atoms with Gasteiger partial charge in [0.2, 0.25) is 5.91 Å². The minimum absolute atomic E-state index is 0.0615. The molecule has 7 nitrogen and oxygen atoms in total. The molecule has 2 aromatic heterocycles. The number of aryl methyl sites for hydroxylation is 1. The van der Waals surface area contributed by atoms with Crippen LogP contribution in [0.5, 0.6) is 0 Å². The normalized spacial score (nSPS) is 12.1. The molecule has 2 aromatic rings. The number of nitrogens with one attached hydrogen (secondary N) is 3. The molecule has 0 aliphatic carbocycles. The molecule has 0 aliphatic rings. The molecule has 1 atom stereocenters. The minimum atomic E-state index is -0.539. The van der Waals surface area contributed by atoms with Crippen molar-refractivity contribution in [1.82, 2.24) is 15.3 Å². The summed E-state index contributed by atoms with van der Waals surface area (Å²) in [6.45, 7) is 3.53. The van der Waals surface area contributed by atoms with E-state index >= 15 is 0 Å². The Morgan fingerprint density at radius 3 is 2.77 bits per heavy atom. The van der Waals surface area contributed by atoms with E-state index in [1.807, 2.05) is 13.0 Å². The highest BCUT2D eigenvalue weighted by Crippen LogP contribution is 2.05. The largest absolute Gasteiger partial charge is 0.469 e. The fraction of sp³-hybridized carbons (Fsp3) is 0.400. The van der Waals surface area contributed by atoms with Crippen LogP contribution in [0.25, 0.3) is 0 Å². The number of carbonyl (C=O) groups excluding carboxylic acids is 1. The lowest BCUT2D eigenvalue weighted by molar-refractivity contribution is -0.121. The molecule has 2 rings (SSSR count). The first-order valence-corrected chi connectivity index (χ1v) is 7.09. The molecule has 0 spiro atoms. The number of hydrogen-bond acceptors (Lipinski definition) is 4. The van der Waals surface area contributed by atoms with Crippen molar-refractivity contribution in [2.75, 3.05) is 0 Å². The Labute approximate surface area is 126 Å². The molecule has 2 heterocycles. The quantitative estimate of drug-likeness (QED) is 0.728. The molecular formula is C15H19N3O4. The lowest BCUT2D eigenvalue weighted by Gasteiger charge is -2.12. The summed E-state index contributed by atoms with van der Waals surface area (Å²) in [6, 6.07) is 3.59. The molecule has 0 bridgehead atoms. The predicted octanol–water partition coefficient (Wildman–Crippen LogP) is 0.645. The second-order valence-corrected chi connectivity index (χ2v) is 5.26. The lowest BCUT2D eigenvalue weighted by Crippen LogP contribution is -2.35. The number of hydrogen-bond donors (Lipinski definition) is 3. The fourth-order valence-corrected chi connectivity index (χ4v) is 2.29. The van der Waals surface area contributed by atoms with Crippen molar-refractivity contribution in [3.8, 4) is 0 Å². The highest BCUT2D eigenvalue weighted by molar-refractivity contribution is 5.76. The lowest BCUT2D eigenvalue weighted by atomic mass is 10.1. The van der Waals surface area contributed by atoms with Crippen LogP contribution in [-0.4, -0.2) is 21.9 Å². The Balaban J connectivity index is 1.88. The van der Waals surface area contributed by atoms with Crippen LogP contribution < -0.4 is 16.6 Å². The number of carbonyl (C=O) groups is 1. The number of aromatic nitrogens is 2. The number of H-pyrrole nitrogens is 2.